The Morgan fingerprint density at radius 1 is 0.759 bits per heavy atom. The van der Waals surface area contributed by atoms with E-state index >= 15 is 0 Å². The van der Waals surface area contributed by atoms with E-state index in [2.05, 4.69) is 40.8 Å². The summed E-state index contributed by atoms with van der Waals surface area (Å²) in [4.78, 5) is 3.43. The molecule has 0 spiro atoms. The maximum Gasteiger partial charge on any atom is 0.0456 e. The van der Waals surface area contributed by atoms with Crippen molar-refractivity contribution in [3.05, 3.63) is 36.0 Å². The van der Waals surface area contributed by atoms with Gasteiger partial charge in [-0.15, -0.1) is 0 Å². The molecule has 2 unspecified atom stereocenters. The molecular weight excluding hydrogens is 352 g/mol. The lowest BCUT2D eigenvalue weighted by Gasteiger charge is -2.33. The Morgan fingerprint density at radius 2 is 1.41 bits per heavy atom. The topological polar surface area (TPSA) is 27.8 Å². The van der Waals surface area contributed by atoms with Crippen LogP contribution in [0.5, 0.6) is 0 Å². The maximum absolute atomic E-state index is 3.99. The van der Waals surface area contributed by atoms with E-state index in [0.717, 1.165) is 30.8 Å². The lowest BCUT2D eigenvalue weighted by Crippen LogP contribution is -2.35. The molecule has 1 aromatic carbocycles. The molecule has 29 heavy (non-hydrogen) atoms. The van der Waals surface area contributed by atoms with Gasteiger partial charge in [0.15, 0.2) is 0 Å². The van der Waals surface area contributed by atoms with Crippen molar-refractivity contribution in [3.8, 4) is 0 Å². The van der Waals surface area contributed by atoms with Crippen LogP contribution in [0.25, 0.3) is 10.9 Å². The molecule has 0 bridgehead atoms. The molecule has 1 aromatic heterocycles. The first-order chi connectivity index (χ1) is 14.4. The number of hydrogen-bond acceptors (Lipinski definition) is 1. The van der Waals surface area contributed by atoms with Crippen LogP contribution in [0.15, 0.2) is 30.5 Å². The zero-order valence-corrected chi connectivity index (χ0v) is 18.4. The van der Waals surface area contributed by atoms with Gasteiger partial charge >= 0.3 is 0 Å². The van der Waals surface area contributed by atoms with Crippen LogP contribution >= 0.6 is 0 Å². The van der Waals surface area contributed by atoms with Gasteiger partial charge < -0.3 is 10.3 Å². The third kappa shape index (κ3) is 6.10. The van der Waals surface area contributed by atoms with Crippen molar-refractivity contribution in [1.82, 2.24) is 10.3 Å². The molecule has 2 aromatic rings. The van der Waals surface area contributed by atoms with Gasteiger partial charge in [0.1, 0.15) is 0 Å². The summed E-state index contributed by atoms with van der Waals surface area (Å²) < 4.78 is 0. The summed E-state index contributed by atoms with van der Waals surface area (Å²) in [5.74, 6) is 1.98. The average Bonchev–Trinajstić information content (AvgIpc) is 3.18. The van der Waals surface area contributed by atoms with Crippen molar-refractivity contribution >= 4 is 10.9 Å². The summed E-state index contributed by atoms with van der Waals surface area (Å²) >= 11 is 0. The van der Waals surface area contributed by atoms with E-state index in [1.807, 2.05) is 0 Å². The molecule has 4 rings (SSSR count). The number of nitrogens with one attached hydrogen (secondary N) is 2. The molecule has 0 aliphatic heterocycles. The van der Waals surface area contributed by atoms with E-state index in [1.54, 1.807) is 0 Å². The Balaban J connectivity index is 1.32. The molecule has 2 fully saturated rings. The molecule has 2 nitrogen and oxygen atoms in total. The van der Waals surface area contributed by atoms with Crippen LogP contribution in [-0.2, 0) is 6.42 Å². The van der Waals surface area contributed by atoms with Gasteiger partial charge in [-0.3, -0.25) is 0 Å². The number of fused-ring (bicyclic) bond motifs is 1. The number of aromatic amines is 1. The Morgan fingerprint density at radius 3 is 2.24 bits per heavy atom. The predicted molar refractivity (Wildman–Crippen MR) is 125 cm³/mol. The largest absolute Gasteiger partial charge is 0.361 e. The minimum absolute atomic E-state index is 0.734. The van der Waals surface area contributed by atoms with Crippen LogP contribution in [0, 0.1) is 11.8 Å². The number of rotatable bonds is 5. The van der Waals surface area contributed by atoms with Crippen molar-refractivity contribution in [2.24, 2.45) is 11.8 Å². The molecule has 0 radical (unpaired) electrons. The molecule has 2 atom stereocenters. The van der Waals surface area contributed by atoms with E-state index in [0.29, 0.717) is 0 Å². The maximum atomic E-state index is 3.99. The first kappa shape index (κ1) is 21.0. The van der Waals surface area contributed by atoms with E-state index in [1.165, 1.54) is 106 Å². The Kier molecular flexibility index (Phi) is 8.10. The van der Waals surface area contributed by atoms with Crippen LogP contribution in [0.1, 0.15) is 95.5 Å². The van der Waals surface area contributed by atoms with Crippen molar-refractivity contribution < 1.29 is 0 Å². The highest BCUT2D eigenvalue weighted by Gasteiger charge is 2.26. The first-order valence-corrected chi connectivity index (χ1v) is 12.7. The number of para-hydroxylation sites is 1. The van der Waals surface area contributed by atoms with Crippen molar-refractivity contribution in [1.29, 1.82) is 0 Å². The highest BCUT2D eigenvalue weighted by atomic mass is 14.9. The van der Waals surface area contributed by atoms with Crippen LogP contribution in [-0.4, -0.2) is 17.6 Å². The summed E-state index contributed by atoms with van der Waals surface area (Å²) in [7, 11) is 0. The average molecular weight is 395 g/mol. The fourth-order valence-electron chi connectivity index (χ4n) is 6.07. The fraction of sp³-hybridized carbons (Fsp3) is 0.704. The normalized spacial score (nSPS) is 25.7. The van der Waals surface area contributed by atoms with Gasteiger partial charge in [-0.2, -0.15) is 0 Å². The van der Waals surface area contributed by atoms with Gasteiger partial charge in [0.25, 0.3) is 0 Å². The molecule has 2 saturated carbocycles. The van der Waals surface area contributed by atoms with Crippen LogP contribution < -0.4 is 5.32 Å². The summed E-state index contributed by atoms with van der Waals surface area (Å²) in [6, 6.07) is 9.45. The highest BCUT2D eigenvalue weighted by Crippen LogP contribution is 2.35. The molecule has 2 aliphatic rings. The van der Waals surface area contributed by atoms with Gasteiger partial charge in [0.05, 0.1) is 0 Å². The molecule has 1 heterocycles. The first-order valence-electron chi connectivity index (χ1n) is 12.7. The third-order valence-electron chi connectivity index (χ3n) is 7.78. The van der Waals surface area contributed by atoms with Gasteiger partial charge in [-0.25, -0.2) is 0 Å². The fourth-order valence-corrected chi connectivity index (χ4v) is 6.07. The number of aromatic nitrogens is 1. The number of hydrogen-bond donors (Lipinski definition) is 2. The SMILES string of the molecule is c1ccc2c(CCNC3CCCCCC(C4CCCCCCCC4)C3)c[nH]c2c1. The molecule has 2 heteroatoms. The molecular formula is C27H42N2. The van der Waals surface area contributed by atoms with Crippen LogP contribution in [0.2, 0.25) is 0 Å². The smallest absolute Gasteiger partial charge is 0.0456 e. The minimum Gasteiger partial charge on any atom is -0.361 e. The van der Waals surface area contributed by atoms with Crippen LogP contribution in [0.4, 0.5) is 0 Å². The summed E-state index contributed by atoms with van der Waals surface area (Å²) in [5, 5.41) is 5.39. The van der Waals surface area contributed by atoms with Crippen LogP contribution in [0.3, 0.4) is 0 Å². The second kappa shape index (κ2) is 11.2. The zero-order chi connectivity index (χ0) is 19.7. The standard InChI is InChI=1S/C27H42N2/c1-2-4-7-13-22(12-6-3-1)23-14-8-5-9-15-25(20-23)28-19-18-24-21-29-27-17-11-10-16-26(24)27/h10-11,16-17,21-23,25,28-29H,1-9,12-15,18-20H2. The monoisotopic (exact) mass is 394 g/mol. The predicted octanol–water partition coefficient (Wildman–Crippen LogP) is 7.39. The highest BCUT2D eigenvalue weighted by molar-refractivity contribution is 5.83. The van der Waals surface area contributed by atoms with Crippen molar-refractivity contribution in [3.63, 3.8) is 0 Å². The van der Waals surface area contributed by atoms with E-state index in [-0.39, 0.29) is 0 Å². The van der Waals surface area contributed by atoms with Gasteiger partial charge in [0.2, 0.25) is 0 Å². The van der Waals surface area contributed by atoms with Gasteiger partial charge in [0, 0.05) is 23.1 Å². The van der Waals surface area contributed by atoms with Gasteiger partial charge in [-0.05, 0) is 49.3 Å². The molecule has 2 aliphatic carbocycles. The Bertz CT molecular complexity index is 708. The summed E-state index contributed by atoms with van der Waals surface area (Å²) in [5.41, 5.74) is 2.74. The molecule has 160 valence electrons. The zero-order valence-electron chi connectivity index (χ0n) is 18.4. The second-order valence-electron chi connectivity index (χ2n) is 9.85. The third-order valence-corrected chi connectivity index (χ3v) is 7.78. The summed E-state index contributed by atoms with van der Waals surface area (Å²) in [6.07, 6.45) is 23.9. The van der Waals surface area contributed by atoms with E-state index < -0.39 is 0 Å². The minimum atomic E-state index is 0.734. The Hall–Kier alpha value is -1.28. The van der Waals surface area contributed by atoms with E-state index in [4.69, 9.17) is 0 Å². The molecule has 0 saturated heterocycles. The lowest BCUT2D eigenvalue weighted by molar-refractivity contribution is 0.208. The second-order valence-corrected chi connectivity index (χ2v) is 9.85. The lowest BCUT2D eigenvalue weighted by atomic mass is 9.76. The summed E-state index contributed by atoms with van der Waals surface area (Å²) in [6.45, 7) is 1.11. The Labute approximate surface area is 178 Å². The van der Waals surface area contributed by atoms with E-state index in [9.17, 15) is 0 Å². The number of benzene rings is 1. The molecule has 0 amide bonds. The molecule has 2 N–H and O–H groups in total. The quantitative estimate of drug-likeness (QED) is 0.543. The van der Waals surface area contributed by atoms with Crippen molar-refractivity contribution in [2.75, 3.05) is 6.54 Å². The van der Waals surface area contributed by atoms with Crippen molar-refractivity contribution in [2.45, 2.75) is 102 Å². The number of H-pyrrole nitrogens is 1. The van der Waals surface area contributed by atoms with Gasteiger partial charge in [-0.1, -0.05) is 95.2 Å².